The van der Waals surface area contributed by atoms with Crippen LogP contribution in [-0.4, -0.2) is 19.0 Å². The lowest BCUT2D eigenvalue weighted by atomic mass is 9.73. The van der Waals surface area contributed by atoms with Gasteiger partial charge < -0.3 is 17.2 Å². The van der Waals surface area contributed by atoms with Crippen LogP contribution in [0.5, 0.6) is 0 Å². The number of hydrogen-bond acceptors (Lipinski definition) is 3. The molecule has 0 unspecified atom stereocenters. The minimum atomic E-state index is -0.197. The van der Waals surface area contributed by atoms with E-state index in [1.165, 1.54) is 0 Å². The van der Waals surface area contributed by atoms with Crippen LogP contribution in [0.1, 0.15) is 25.7 Å². The van der Waals surface area contributed by atoms with Crippen molar-refractivity contribution >= 4 is 5.91 Å². The van der Waals surface area contributed by atoms with E-state index < -0.39 is 0 Å². The summed E-state index contributed by atoms with van der Waals surface area (Å²) in [4.78, 5) is 10.8. The van der Waals surface area contributed by atoms with Crippen LogP contribution in [0.25, 0.3) is 0 Å². The third-order valence-corrected chi connectivity index (χ3v) is 3.34. The van der Waals surface area contributed by atoms with Crippen molar-refractivity contribution in [1.82, 2.24) is 0 Å². The van der Waals surface area contributed by atoms with Crippen LogP contribution in [0.15, 0.2) is 0 Å². The molecule has 1 aliphatic carbocycles. The monoisotopic (exact) mass is 199 g/mol. The van der Waals surface area contributed by atoms with Crippen LogP contribution in [0.2, 0.25) is 0 Å². The van der Waals surface area contributed by atoms with E-state index in [9.17, 15) is 4.79 Å². The first-order valence-corrected chi connectivity index (χ1v) is 5.35. The van der Waals surface area contributed by atoms with Gasteiger partial charge in [0.25, 0.3) is 0 Å². The topological polar surface area (TPSA) is 95.1 Å². The van der Waals surface area contributed by atoms with Gasteiger partial charge >= 0.3 is 0 Å². The van der Waals surface area contributed by atoms with Crippen molar-refractivity contribution < 1.29 is 4.79 Å². The quantitative estimate of drug-likeness (QED) is 0.585. The minimum Gasteiger partial charge on any atom is -0.370 e. The van der Waals surface area contributed by atoms with E-state index in [2.05, 4.69) is 0 Å². The van der Waals surface area contributed by atoms with Gasteiger partial charge in [0.15, 0.2) is 0 Å². The maximum absolute atomic E-state index is 10.8. The largest absolute Gasteiger partial charge is 0.370 e. The highest BCUT2D eigenvalue weighted by Crippen LogP contribution is 2.34. The fourth-order valence-electron chi connectivity index (χ4n) is 2.49. The van der Waals surface area contributed by atoms with Crippen molar-refractivity contribution in [3.8, 4) is 0 Å². The second-order valence-electron chi connectivity index (χ2n) is 4.34. The van der Waals surface area contributed by atoms with E-state index in [1.54, 1.807) is 0 Å². The second-order valence-corrected chi connectivity index (χ2v) is 4.34. The molecule has 82 valence electrons. The van der Waals surface area contributed by atoms with Crippen LogP contribution in [0, 0.1) is 17.8 Å². The van der Waals surface area contributed by atoms with Crippen molar-refractivity contribution in [2.75, 3.05) is 13.1 Å². The lowest BCUT2D eigenvalue weighted by molar-refractivity contribution is -0.119. The summed E-state index contributed by atoms with van der Waals surface area (Å²) in [7, 11) is 0. The van der Waals surface area contributed by atoms with Gasteiger partial charge in [0.1, 0.15) is 0 Å². The molecule has 4 nitrogen and oxygen atoms in total. The zero-order valence-electron chi connectivity index (χ0n) is 8.61. The third-order valence-electron chi connectivity index (χ3n) is 3.34. The van der Waals surface area contributed by atoms with Crippen LogP contribution in [0.4, 0.5) is 0 Å². The smallest absolute Gasteiger partial charge is 0.217 e. The van der Waals surface area contributed by atoms with Gasteiger partial charge in [0.2, 0.25) is 5.91 Å². The Morgan fingerprint density at radius 1 is 1.14 bits per heavy atom. The van der Waals surface area contributed by atoms with E-state index in [0.717, 1.165) is 19.3 Å². The van der Waals surface area contributed by atoms with Crippen LogP contribution in [-0.2, 0) is 4.79 Å². The molecule has 1 amide bonds. The maximum Gasteiger partial charge on any atom is 0.217 e. The number of carbonyl (C=O) groups excluding carboxylic acids is 1. The average molecular weight is 199 g/mol. The van der Waals surface area contributed by atoms with Gasteiger partial charge in [-0.1, -0.05) is 0 Å². The van der Waals surface area contributed by atoms with Crippen LogP contribution < -0.4 is 17.2 Å². The molecule has 0 aromatic rings. The van der Waals surface area contributed by atoms with E-state index in [0.29, 0.717) is 37.3 Å². The molecule has 14 heavy (non-hydrogen) atoms. The Bertz CT molecular complexity index is 196. The number of primary amides is 1. The molecule has 0 saturated heterocycles. The molecular weight excluding hydrogens is 178 g/mol. The molecule has 3 atom stereocenters. The molecular formula is C10H21N3O. The van der Waals surface area contributed by atoms with Gasteiger partial charge in [0.05, 0.1) is 0 Å². The summed E-state index contributed by atoms with van der Waals surface area (Å²) in [6.07, 6.45) is 3.69. The molecule has 1 aliphatic rings. The third kappa shape index (κ3) is 2.96. The molecule has 0 heterocycles. The second kappa shape index (κ2) is 5.32. The number of carbonyl (C=O) groups is 1. The first-order chi connectivity index (χ1) is 6.67. The Labute approximate surface area is 85.2 Å². The van der Waals surface area contributed by atoms with Gasteiger partial charge in [0, 0.05) is 6.42 Å². The summed E-state index contributed by atoms with van der Waals surface area (Å²) in [6.45, 7) is 1.39. The lowest BCUT2D eigenvalue weighted by Crippen LogP contribution is -2.35. The normalized spacial score (nSPS) is 32.9. The summed E-state index contributed by atoms with van der Waals surface area (Å²) < 4.78 is 0. The van der Waals surface area contributed by atoms with Crippen molar-refractivity contribution in [1.29, 1.82) is 0 Å². The average Bonchev–Trinajstić information content (AvgIpc) is 2.16. The molecule has 4 heteroatoms. The fraction of sp³-hybridized carbons (Fsp3) is 0.900. The number of nitrogens with two attached hydrogens (primary N) is 3. The summed E-state index contributed by atoms with van der Waals surface area (Å²) in [5.41, 5.74) is 16.5. The molecule has 1 fully saturated rings. The van der Waals surface area contributed by atoms with Gasteiger partial charge in [-0.25, -0.2) is 0 Å². The van der Waals surface area contributed by atoms with E-state index in [4.69, 9.17) is 17.2 Å². The predicted octanol–water partition coefficient (Wildman–Crippen LogP) is -0.188. The van der Waals surface area contributed by atoms with E-state index >= 15 is 0 Å². The highest BCUT2D eigenvalue weighted by molar-refractivity contribution is 5.73. The van der Waals surface area contributed by atoms with Gasteiger partial charge in [-0.15, -0.1) is 0 Å². The molecule has 0 aliphatic heterocycles. The highest BCUT2D eigenvalue weighted by Gasteiger charge is 2.29. The number of rotatable bonds is 4. The van der Waals surface area contributed by atoms with Gasteiger partial charge in [-0.2, -0.15) is 0 Å². The lowest BCUT2D eigenvalue weighted by Gasteiger charge is -2.34. The molecule has 1 saturated carbocycles. The number of hydrogen-bond donors (Lipinski definition) is 3. The molecule has 0 aromatic heterocycles. The Balaban J connectivity index is 2.43. The Morgan fingerprint density at radius 2 is 1.79 bits per heavy atom. The van der Waals surface area contributed by atoms with Crippen molar-refractivity contribution in [3.05, 3.63) is 0 Å². The fourth-order valence-corrected chi connectivity index (χ4v) is 2.49. The van der Waals surface area contributed by atoms with Crippen LogP contribution in [0.3, 0.4) is 0 Å². The summed E-state index contributed by atoms with van der Waals surface area (Å²) in [5, 5.41) is 0. The Kier molecular flexibility index (Phi) is 4.35. The maximum atomic E-state index is 10.8. The summed E-state index contributed by atoms with van der Waals surface area (Å²) >= 11 is 0. The first kappa shape index (κ1) is 11.5. The Morgan fingerprint density at radius 3 is 2.29 bits per heavy atom. The van der Waals surface area contributed by atoms with E-state index in [-0.39, 0.29) is 5.91 Å². The van der Waals surface area contributed by atoms with Crippen molar-refractivity contribution in [2.45, 2.75) is 25.7 Å². The molecule has 0 radical (unpaired) electrons. The first-order valence-electron chi connectivity index (χ1n) is 5.35. The predicted molar refractivity (Wildman–Crippen MR) is 56.2 cm³/mol. The highest BCUT2D eigenvalue weighted by atomic mass is 16.1. The molecule has 0 aromatic carbocycles. The minimum absolute atomic E-state index is 0.197. The van der Waals surface area contributed by atoms with Gasteiger partial charge in [-0.3, -0.25) is 4.79 Å². The zero-order valence-corrected chi connectivity index (χ0v) is 8.61. The SMILES string of the molecule is NC[C@H]1CC[C@H](CC(N)=O)C[C@@H]1CN. The van der Waals surface area contributed by atoms with Crippen molar-refractivity contribution in [2.24, 2.45) is 35.0 Å². The molecule has 0 spiro atoms. The molecule has 1 rings (SSSR count). The van der Waals surface area contributed by atoms with Gasteiger partial charge in [-0.05, 0) is 50.1 Å². The molecule has 0 bridgehead atoms. The summed E-state index contributed by atoms with van der Waals surface area (Å²) in [5.74, 6) is 1.27. The van der Waals surface area contributed by atoms with Crippen molar-refractivity contribution in [3.63, 3.8) is 0 Å². The Hall–Kier alpha value is -0.610. The number of amides is 1. The van der Waals surface area contributed by atoms with Crippen LogP contribution >= 0.6 is 0 Å². The van der Waals surface area contributed by atoms with E-state index in [1.807, 2.05) is 0 Å². The zero-order chi connectivity index (χ0) is 10.6. The molecule has 6 N–H and O–H groups in total. The summed E-state index contributed by atoms with van der Waals surface area (Å²) in [6, 6.07) is 0. The standard InChI is InChI=1S/C10H21N3O/c11-5-8-2-1-7(4-10(13)14)3-9(8)6-12/h7-9H,1-6,11-12H2,(H2,13,14)/t7-,8+,9+/m0/s1.